The topological polar surface area (TPSA) is 51.2 Å². The quantitative estimate of drug-likeness (QED) is 0.777. The lowest BCUT2D eigenvalue weighted by Crippen LogP contribution is -2.19. The summed E-state index contributed by atoms with van der Waals surface area (Å²) in [6.07, 6.45) is 5.14. The second-order valence-electron chi connectivity index (χ2n) is 6.37. The van der Waals surface area contributed by atoms with Crippen molar-refractivity contribution in [2.75, 3.05) is 0 Å². The van der Waals surface area contributed by atoms with Gasteiger partial charge in [-0.15, -0.1) is 0 Å². The van der Waals surface area contributed by atoms with Gasteiger partial charge in [-0.3, -0.25) is 9.59 Å². The second-order valence-corrected chi connectivity index (χ2v) is 6.37. The Kier molecular flexibility index (Phi) is 5.30. The van der Waals surface area contributed by atoms with Gasteiger partial charge >= 0.3 is 0 Å². The van der Waals surface area contributed by atoms with E-state index in [9.17, 15) is 14.4 Å². The average molecular weight is 312 g/mol. The number of allylic oxidation sites excluding steroid dienone is 1. The number of rotatable bonds is 5. The van der Waals surface area contributed by atoms with Crippen LogP contribution in [0.25, 0.3) is 6.08 Å². The van der Waals surface area contributed by atoms with Gasteiger partial charge in [0.1, 0.15) is 17.5 Å². The molecule has 3 heteroatoms. The molecular weight excluding hydrogens is 288 g/mol. The SMILES string of the molecule is C/C=C/c1cc(C)c(C2C(=O)CC(CC(C)=O)C2=O)c(CC)c1. The molecule has 1 fully saturated rings. The second kappa shape index (κ2) is 7.03. The monoisotopic (exact) mass is 312 g/mol. The van der Waals surface area contributed by atoms with Crippen LogP contribution in [0.4, 0.5) is 0 Å². The Labute approximate surface area is 137 Å². The van der Waals surface area contributed by atoms with E-state index in [0.29, 0.717) is 0 Å². The van der Waals surface area contributed by atoms with Crippen LogP contribution in [0.3, 0.4) is 0 Å². The Morgan fingerprint density at radius 1 is 1.30 bits per heavy atom. The van der Waals surface area contributed by atoms with Crippen LogP contribution in [0.5, 0.6) is 0 Å². The highest BCUT2D eigenvalue weighted by Gasteiger charge is 2.43. The maximum atomic E-state index is 12.7. The zero-order chi connectivity index (χ0) is 17.1. The molecule has 2 atom stereocenters. The molecule has 1 aliphatic rings. The Morgan fingerprint density at radius 3 is 2.57 bits per heavy atom. The molecule has 0 N–H and O–H groups in total. The van der Waals surface area contributed by atoms with Crippen LogP contribution in [0.15, 0.2) is 18.2 Å². The van der Waals surface area contributed by atoms with Gasteiger partial charge in [-0.1, -0.05) is 31.2 Å². The van der Waals surface area contributed by atoms with Crippen molar-refractivity contribution in [3.05, 3.63) is 40.5 Å². The number of Topliss-reactive ketones (excluding diaryl/α,β-unsaturated/α-hetero) is 3. The van der Waals surface area contributed by atoms with Crippen LogP contribution in [0.1, 0.15) is 61.8 Å². The van der Waals surface area contributed by atoms with Gasteiger partial charge in [0.05, 0.1) is 0 Å². The fraction of sp³-hybridized carbons (Fsp3) is 0.450. The summed E-state index contributed by atoms with van der Waals surface area (Å²) in [5.41, 5.74) is 3.98. The summed E-state index contributed by atoms with van der Waals surface area (Å²) >= 11 is 0. The van der Waals surface area contributed by atoms with Crippen molar-refractivity contribution in [1.29, 1.82) is 0 Å². The molecule has 0 amide bonds. The van der Waals surface area contributed by atoms with Crippen molar-refractivity contribution in [3.63, 3.8) is 0 Å². The van der Waals surface area contributed by atoms with Crippen molar-refractivity contribution < 1.29 is 14.4 Å². The first-order valence-corrected chi connectivity index (χ1v) is 8.21. The molecule has 3 nitrogen and oxygen atoms in total. The van der Waals surface area contributed by atoms with Crippen LogP contribution >= 0.6 is 0 Å². The molecule has 2 unspecified atom stereocenters. The molecule has 1 aromatic rings. The maximum Gasteiger partial charge on any atom is 0.151 e. The first-order valence-electron chi connectivity index (χ1n) is 8.21. The van der Waals surface area contributed by atoms with E-state index in [4.69, 9.17) is 0 Å². The van der Waals surface area contributed by atoms with Crippen molar-refractivity contribution >= 4 is 23.4 Å². The minimum Gasteiger partial charge on any atom is -0.300 e. The first-order chi connectivity index (χ1) is 10.9. The molecule has 0 spiro atoms. The molecule has 1 saturated carbocycles. The number of hydrogen-bond donors (Lipinski definition) is 0. The highest BCUT2D eigenvalue weighted by Crippen LogP contribution is 2.38. The van der Waals surface area contributed by atoms with Gasteiger partial charge in [-0.25, -0.2) is 0 Å². The van der Waals surface area contributed by atoms with Gasteiger partial charge in [0.15, 0.2) is 5.78 Å². The number of ketones is 3. The number of hydrogen-bond acceptors (Lipinski definition) is 3. The minimum atomic E-state index is -0.686. The molecule has 122 valence electrons. The Morgan fingerprint density at radius 2 is 2.00 bits per heavy atom. The van der Waals surface area contributed by atoms with E-state index in [1.54, 1.807) is 0 Å². The number of aryl methyl sites for hydroxylation is 2. The zero-order valence-electron chi connectivity index (χ0n) is 14.3. The largest absolute Gasteiger partial charge is 0.300 e. The van der Waals surface area contributed by atoms with Crippen LogP contribution < -0.4 is 0 Å². The van der Waals surface area contributed by atoms with Crippen LogP contribution in [0, 0.1) is 12.8 Å². The van der Waals surface area contributed by atoms with Gasteiger partial charge in [-0.2, -0.15) is 0 Å². The predicted molar refractivity (Wildman–Crippen MR) is 91.4 cm³/mol. The van der Waals surface area contributed by atoms with E-state index < -0.39 is 11.8 Å². The Hall–Kier alpha value is -2.03. The fourth-order valence-electron chi connectivity index (χ4n) is 3.57. The van der Waals surface area contributed by atoms with Crippen molar-refractivity contribution in [1.82, 2.24) is 0 Å². The minimum absolute atomic E-state index is 0.0346. The Bertz CT molecular complexity index is 682. The summed E-state index contributed by atoms with van der Waals surface area (Å²) in [4.78, 5) is 36.5. The third-order valence-corrected chi connectivity index (χ3v) is 4.51. The molecule has 0 radical (unpaired) electrons. The van der Waals surface area contributed by atoms with Gasteiger partial charge in [0.25, 0.3) is 0 Å². The van der Waals surface area contributed by atoms with E-state index >= 15 is 0 Å². The van der Waals surface area contributed by atoms with Gasteiger partial charge in [0, 0.05) is 18.8 Å². The molecule has 0 aliphatic heterocycles. The fourth-order valence-corrected chi connectivity index (χ4v) is 3.57. The van der Waals surface area contributed by atoms with Crippen molar-refractivity contribution in [2.24, 2.45) is 5.92 Å². The first kappa shape index (κ1) is 17.3. The smallest absolute Gasteiger partial charge is 0.151 e. The molecule has 1 aliphatic carbocycles. The van der Waals surface area contributed by atoms with E-state index in [1.165, 1.54) is 6.92 Å². The number of carbonyl (C=O) groups excluding carboxylic acids is 3. The standard InChI is InChI=1S/C20H24O3/c1-5-7-14-8-12(3)18(15(6-2)10-14)19-17(22)11-16(20(19)23)9-13(4)21/h5,7-8,10,16,19H,6,9,11H2,1-4H3/b7-5+. The third-order valence-electron chi connectivity index (χ3n) is 4.51. The lowest BCUT2D eigenvalue weighted by atomic mass is 9.84. The molecule has 0 saturated heterocycles. The van der Waals surface area contributed by atoms with Gasteiger partial charge in [0.2, 0.25) is 0 Å². The normalized spacial score (nSPS) is 21.4. The maximum absolute atomic E-state index is 12.7. The van der Waals surface area contributed by atoms with E-state index in [1.807, 2.05) is 39.0 Å². The summed E-state index contributed by atoms with van der Waals surface area (Å²) in [6, 6.07) is 4.08. The van der Waals surface area contributed by atoms with Crippen molar-refractivity contribution in [3.8, 4) is 0 Å². The predicted octanol–water partition coefficient (Wildman–Crippen LogP) is 3.81. The van der Waals surface area contributed by atoms with Crippen LogP contribution in [-0.2, 0) is 20.8 Å². The summed E-state index contributed by atoms with van der Waals surface area (Å²) < 4.78 is 0. The number of carbonyl (C=O) groups is 3. The molecular formula is C20H24O3. The highest BCUT2D eigenvalue weighted by molar-refractivity contribution is 6.15. The van der Waals surface area contributed by atoms with Gasteiger partial charge in [-0.05, 0) is 49.4 Å². The van der Waals surface area contributed by atoms with Gasteiger partial charge < -0.3 is 4.79 Å². The Balaban J connectivity index is 2.47. The van der Waals surface area contributed by atoms with Crippen LogP contribution in [0.2, 0.25) is 0 Å². The third kappa shape index (κ3) is 3.49. The number of benzene rings is 1. The van der Waals surface area contributed by atoms with E-state index in [0.717, 1.165) is 28.7 Å². The summed E-state index contributed by atoms with van der Waals surface area (Å²) in [5, 5.41) is 0. The molecule has 0 heterocycles. The van der Waals surface area contributed by atoms with Crippen molar-refractivity contribution in [2.45, 2.75) is 52.9 Å². The lowest BCUT2D eigenvalue weighted by Gasteiger charge is -2.18. The molecule has 2 rings (SSSR count). The zero-order valence-corrected chi connectivity index (χ0v) is 14.3. The average Bonchev–Trinajstić information content (AvgIpc) is 2.73. The molecule has 0 aromatic heterocycles. The molecule has 0 bridgehead atoms. The lowest BCUT2D eigenvalue weighted by molar-refractivity contribution is -0.127. The summed E-state index contributed by atoms with van der Waals surface area (Å²) in [6.45, 7) is 7.43. The van der Waals surface area contributed by atoms with E-state index in [-0.39, 0.29) is 30.2 Å². The highest BCUT2D eigenvalue weighted by atomic mass is 16.2. The summed E-state index contributed by atoms with van der Waals surface area (Å²) in [5.74, 6) is -1.29. The van der Waals surface area contributed by atoms with E-state index in [2.05, 4.69) is 6.07 Å². The van der Waals surface area contributed by atoms with Crippen LogP contribution in [-0.4, -0.2) is 17.3 Å². The molecule has 23 heavy (non-hydrogen) atoms. The molecule has 1 aromatic carbocycles. The summed E-state index contributed by atoms with van der Waals surface area (Å²) in [7, 11) is 0.